The van der Waals surface area contributed by atoms with Crippen molar-refractivity contribution in [1.82, 2.24) is 0 Å². The van der Waals surface area contributed by atoms with Crippen LogP contribution in [0, 0.1) is 0 Å². The normalized spacial score (nSPS) is 31.8. The molecule has 0 radical (unpaired) electrons. The quantitative estimate of drug-likeness (QED) is 0.413. The van der Waals surface area contributed by atoms with Crippen LogP contribution in [0.25, 0.3) is 5.32 Å². The summed E-state index contributed by atoms with van der Waals surface area (Å²) >= 11 is 0. The second kappa shape index (κ2) is 6.71. The van der Waals surface area contributed by atoms with Gasteiger partial charge in [0.15, 0.2) is 0 Å². The van der Waals surface area contributed by atoms with E-state index in [0.717, 1.165) is 0 Å². The van der Waals surface area contributed by atoms with Crippen molar-refractivity contribution in [2.75, 3.05) is 0 Å². The van der Waals surface area contributed by atoms with E-state index in [1.807, 2.05) is 0 Å². The number of hydrogen-bond donors (Lipinski definition) is 0. The van der Waals surface area contributed by atoms with Crippen LogP contribution in [-0.2, 0) is 0 Å². The Hall–Kier alpha value is 1.02. The molecule has 0 spiro atoms. The number of piperidine rings is 1. The molecule has 0 aromatic rings. The van der Waals surface area contributed by atoms with Crippen molar-refractivity contribution in [2.24, 2.45) is 0 Å². The third-order valence-electron chi connectivity index (χ3n) is 1.75. The molecule has 2 atom stereocenters. The fourth-order valence-corrected chi connectivity index (χ4v) is 1.29. The van der Waals surface area contributed by atoms with Gasteiger partial charge < -0.3 is 17.7 Å². The minimum absolute atomic E-state index is 0. The molecular formula is C7H14ClMgN. The molecule has 1 aliphatic rings. The zero-order valence-corrected chi connectivity index (χ0v) is 8.98. The first-order valence-electron chi connectivity index (χ1n) is 3.49. The molecule has 0 bridgehead atoms. The van der Waals surface area contributed by atoms with Crippen LogP contribution in [0.15, 0.2) is 0 Å². The maximum absolute atomic E-state index is 4.48. The van der Waals surface area contributed by atoms with Gasteiger partial charge in [-0.3, -0.25) is 0 Å². The summed E-state index contributed by atoms with van der Waals surface area (Å²) in [4.78, 5) is 0. The van der Waals surface area contributed by atoms with E-state index in [2.05, 4.69) is 19.2 Å². The molecule has 1 nitrogen and oxygen atoms in total. The Morgan fingerprint density at radius 2 is 1.50 bits per heavy atom. The minimum Gasteiger partial charge on any atom is -1.00 e. The second-order valence-electron chi connectivity index (χ2n) is 2.78. The summed E-state index contributed by atoms with van der Waals surface area (Å²) < 4.78 is 0. The molecule has 0 aromatic carbocycles. The van der Waals surface area contributed by atoms with Crippen molar-refractivity contribution in [3.63, 3.8) is 0 Å². The first kappa shape index (κ1) is 13.6. The van der Waals surface area contributed by atoms with E-state index in [4.69, 9.17) is 0 Å². The van der Waals surface area contributed by atoms with E-state index in [1.54, 1.807) is 0 Å². The van der Waals surface area contributed by atoms with Crippen molar-refractivity contribution in [1.29, 1.82) is 0 Å². The van der Waals surface area contributed by atoms with Crippen LogP contribution in [0.5, 0.6) is 0 Å². The Balaban J connectivity index is 0. The van der Waals surface area contributed by atoms with Crippen LogP contribution >= 0.6 is 0 Å². The van der Waals surface area contributed by atoms with Crippen molar-refractivity contribution in [2.45, 2.75) is 45.2 Å². The summed E-state index contributed by atoms with van der Waals surface area (Å²) in [6.07, 6.45) is 4.00. The average molecular weight is 172 g/mol. The molecule has 0 aromatic heterocycles. The van der Waals surface area contributed by atoms with E-state index in [9.17, 15) is 0 Å². The van der Waals surface area contributed by atoms with E-state index in [1.165, 1.54) is 19.3 Å². The zero-order valence-electron chi connectivity index (χ0n) is 6.81. The van der Waals surface area contributed by atoms with Gasteiger partial charge in [-0.25, -0.2) is 0 Å². The topological polar surface area (TPSA) is 14.1 Å². The van der Waals surface area contributed by atoms with Gasteiger partial charge in [-0.15, -0.1) is 12.1 Å². The SMILES string of the molecule is CC1CCCC(C)[N-]1.[Cl-].[Mg+2]. The molecule has 1 aliphatic heterocycles. The fourth-order valence-electron chi connectivity index (χ4n) is 1.29. The summed E-state index contributed by atoms with van der Waals surface area (Å²) in [5, 5.41) is 4.48. The second-order valence-corrected chi connectivity index (χ2v) is 2.78. The maximum atomic E-state index is 4.48. The van der Waals surface area contributed by atoms with E-state index < -0.39 is 0 Å². The Morgan fingerprint density at radius 1 is 1.10 bits per heavy atom. The Morgan fingerprint density at radius 3 is 1.70 bits per heavy atom. The van der Waals surface area contributed by atoms with Crippen LogP contribution in [0.4, 0.5) is 0 Å². The molecule has 1 fully saturated rings. The number of hydrogen-bond acceptors (Lipinski definition) is 0. The summed E-state index contributed by atoms with van der Waals surface area (Å²) in [6.45, 7) is 4.41. The summed E-state index contributed by atoms with van der Waals surface area (Å²) in [5.41, 5.74) is 0. The fraction of sp³-hybridized carbons (Fsp3) is 1.00. The van der Waals surface area contributed by atoms with Gasteiger partial charge >= 0.3 is 23.1 Å². The molecule has 0 aliphatic carbocycles. The molecule has 0 amide bonds. The molecule has 1 heterocycles. The van der Waals surface area contributed by atoms with Crippen molar-refractivity contribution >= 4 is 23.1 Å². The third-order valence-corrected chi connectivity index (χ3v) is 1.75. The molecular weight excluding hydrogens is 158 g/mol. The first-order valence-corrected chi connectivity index (χ1v) is 3.49. The van der Waals surface area contributed by atoms with E-state index >= 15 is 0 Å². The molecule has 3 heteroatoms. The molecule has 1 rings (SSSR count). The van der Waals surface area contributed by atoms with Crippen LogP contribution < -0.4 is 12.4 Å². The summed E-state index contributed by atoms with van der Waals surface area (Å²) in [6, 6.07) is 1.28. The van der Waals surface area contributed by atoms with Gasteiger partial charge in [0, 0.05) is 0 Å². The predicted molar refractivity (Wildman–Crippen MR) is 41.9 cm³/mol. The van der Waals surface area contributed by atoms with Crippen LogP contribution in [0.3, 0.4) is 0 Å². The molecule has 10 heavy (non-hydrogen) atoms. The largest absolute Gasteiger partial charge is 2.00 e. The molecule has 56 valence electrons. The molecule has 2 unspecified atom stereocenters. The maximum Gasteiger partial charge on any atom is 2.00 e. The zero-order chi connectivity index (χ0) is 5.98. The van der Waals surface area contributed by atoms with Gasteiger partial charge in [0.1, 0.15) is 0 Å². The van der Waals surface area contributed by atoms with Crippen molar-refractivity contribution < 1.29 is 12.4 Å². The molecule has 0 N–H and O–H groups in total. The number of nitrogens with zero attached hydrogens (tertiary/aromatic N) is 1. The Kier molecular flexibility index (Phi) is 9.12. The van der Waals surface area contributed by atoms with Gasteiger partial charge in [0.05, 0.1) is 0 Å². The van der Waals surface area contributed by atoms with Crippen molar-refractivity contribution in [3.8, 4) is 0 Å². The monoisotopic (exact) mass is 171 g/mol. The standard InChI is InChI=1S/C7H14N.ClH.Mg/c1-6-4-3-5-7(2)8-6;;/h6-7H,3-5H2,1-2H3;1H;/q-1;;+2/p-1. The van der Waals surface area contributed by atoms with Crippen LogP contribution in [-0.4, -0.2) is 35.1 Å². The number of rotatable bonds is 0. The number of halogens is 1. The predicted octanol–water partition coefficient (Wildman–Crippen LogP) is -1.06. The average Bonchev–Trinajstić information content (AvgIpc) is 1.64. The third kappa shape index (κ3) is 4.77. The Bertz CT molecular complexity index is 72.0. The van der Waals surface area contributed by atoms with Crippen LogP contribution in [0.2, 0.25) is 0 Å². The minimum atomic E-state index is 0. The van der Waals surface area contributed by atoms with Gasteiger partial charge in [-0.2, -0.15) is 0 Å². The molecule has 1 saturated heterocycles. The first-order chi connectivity index (χ1) is 3.79. The van der Waals surface area contributed by atoms with Gasteiger partial charge in [-0.1, -0.05) is 33.1 Å². The van der Waals surface area contributed by atoms with E-state index in [-0.39, 0.29) is 35.5 Å². The summed E-state index contributed by atoms with van der Waals surface area (Å²) in [7, 11) is 0. The van der Waals surface area contributed by atoms with E-state index in [0.29, 0.717) is 12.1 Å². The van der Waals surface area contributed by atoms with Crippen molar-refractivity contribution in [3.05, 3.63) is 5.32 Å². The Labute approximate surface area is 85.9 Å². The molecule has 0 saturated carbocycles. The summed E-state index contributed by atoms with van der Waals surface area (Å²) in [5.74, 6) is 0. The van der Waals surface area contributed by atoms with Gasteiger partial charge in [0.2, 0.25) is 0 Å². The van der Waals surface area contributed by atoms with Crippen LogP contribution in [0.1, 0.15) is 33.1 Å². The van der Waals surface area contributed by atoms with Gasteiger partial charge in [-0.05, 0) is 0 Å². The van der Waals surface area contributed by atoms with Gasteiger partial charge in [0.25, 0.3) is 0 Å². The smallest absolute Gasteiger partial charge is 1.00 e.